The number of piperidine rings is 2. The van der Waals surface area contributed by atoms with Gasteiger partial charge in [-0.15, -0.1) is 0 Å². The average Bonchev–Trinajstić information content (AvgIpc) is 2.63. The summed E-state index contributed by atoms with van der Waals surface area (Å²) in [7, 11) is 3.91. The van der Waals surface area contributed by atoms with Crippen LogP contribution < -0.4 is 10.2 Å². The highest BCUT2D eigenvalue weighted by molar-refractivity contribution is 5.92. The van der Waals surface area contributed by atoms with Gasteiger partial charge >= 0.3 is 0 Å². The monoisotopic (exact) mass is 331 g/mol. The quantitative estimate of drug-likeness (QED) is 0.921. The van der Waals surface area contributed by atoms with E-state index in [0.29, 0.717) is 6.10 Å². The molecule has 132 valence electrons. The third-order valence-electron chi connectivity index (χ3n) is 5.36. The molecule has 2 fully saturated rings. The van der Waals surface area contributed by atoms with Crippen molar-refractivity contribution in [1.29, 1.82) is 0 Å². The molecule has 1 N–H and O–H groups in total. The number of carbonyl (C=O) groups excluding carboxylic acids is 1. The zero-order chi connectivity index (χ0) is 16.9. The van der Waals surface area contributed by atoms with Gasteiger partial charge in [-0.1, -0.05) is 0 Å². The maximum absolute atomic E-state index is 12.4. The SMILES string of the molecule is COC1CCN(c2ccc(NC(=O)C3CCN(C)CC3)cc2)CC1. The number of hydrogen-bond donors (Lipinski definition) is 1. The molecule has 0 spiro atoms. The first-order valence-corrected chi connectivity index (χ1v) is 9.03. The summed E-state index contributed by atoms with van der Waals surface area (Å²) in [5.41, 5.74) is 2.12. The lowest BCUT2D eigenvalue weighted by molar-refractivity contribution is -0.121. The number of anilines is 2. The zero-order valence-electron chi connectivity index (χ0n) is 14.8. The minimum atomic E-state index is 0.147. The van der Waals surface area contributed by atoms with Crippen LogP contribution in [0.1, 0.15) is 25.7 Å². The number of benzene rings is 1. The van der Waals surface area contributed by atoms with Crippen LogP contribution in [-0.4, -0.2) is 57.2 Å². The Balaban J connectivity index is 1.52. The highest BCUT2D eigenvalue weighted by Gasteiger charge is 2.23. The van der Waals surface area contributed by atoms with E-state index in [1.54, 1.807) is 7.11 Å². The number of carbonyl (C=O) groups is 1. The van der Waals surface area contributed by atoms with Crippen LogP contribution in [0.15, 0.2) is 24.3 Å². The summed E-state index contributed by atoms with van der Waals surface area (Å²) in [5, 5.41) is 3.08. The van der Waals surface area contributed by atoms with E-state index in [2.05, 4.69) is 34.3 Å². The van der Waals surface area contributed by atoms with Gasteiger partial charge in [0.1, 0.15) is 0 Å². The summed E-state index contributed by atoms with van der Waals surface area (Å²) in [6.07, 6.45) is 4.45. The van der Waals surface area contributed by atoms with Crippen LogP contribution in [0.3, 0.4) is 0 Å². The van der Waals surface area contributed by atoms with Gasteiger partial charge in [-0.3, -0.25) is 4.79 Å². The molecule has 0 aliphatic carbocycles. The molecule has 1 amide bonds. The Bertz CT molecular complexity index is 530. The second-order valence-corrected chi connectivity index (χ2v) is 7.04. The molecule has 0 radical (unpaired) electrons. The predicted molar refractivity (Wildman–Crippen MR) is 97.5 cm³/mol. The van der Waals surface area contributed by atoms with Crippen molar-refractivity contribution in [2.45, 2.75) is 31.8 Å². The molecule has 0 bridgehead atoms. The molecule has 2 saturated heterocycles. The fourth-order valence-corrected chi connectivity index (χ4v) is 3.62. The maximum Gasteiger partial charge on any atom is 0.227 e. The summed E-state index contributed by atoms with van der Waals surface area (Å²) in [5.74, 6) is 0.311. The molecule has 2 heterocycles. The molecule has 1 aromatic carbocycles. The van der Waals surface area contributed by atoms with Crippen LogP contribution in [0.4, 0.5) is 11.4 Å². The van der Waals surface area contributed by atoms with Crippen LogP contribution in [0, 0.1) is 5.92 Å². The van der Waals surface area contributed by atoms with Gasteiger partial charge in [0, 0.05) is 37.5 Å². The van der Waals surface area contributed by atoms with Gasteiger partial charge < -0.3 is 19.9 Å². The van der Waals surface area contributed by atoms with E-state index in [9.17, 15) is 4.79 Å². The van der Waals surface area contributed by atoms with Gasteiger partial charge in [0.05, 0.1) is 6.10 Å². The Labute approximate surface area is 145 Å². The minimum Gasteiger partial charge on any atom is -0.381 e. The number of likely N-dealkylation sites (tertiary alicyclic amines) is 1. The summed E-state index contributed by atoms with van der Waals surface area (Å²) >= 11 is 0. The van der Waals surface area contributed by atoms with E-state index in [0.717, 1.165) is 57.5 Å². The molecule has 24 heavy (non-hydrogen) atoms. The van der Waals surface area contributed by atoms with Crippen molar-refractivity contribution in [3.63, 3.8) is 0 Å². The number of amides is 1. The molecular weight excluding hydrogens is 302 g/mol. The second-order valence-electron chi connectivity index (χ2n) is 7.04. The van der Waals surface area contributed by atoms with Gasteiger partial charge in [-0.2, -0.15) is 0 Å². The summed E-state index contributed by atoms with van der Waals surface area (Å²) < 4.78 is 5.43. The van der Waals surface area contributed by atoms with Gasteiger partial charge in [-0.05, 0) is 70.1 Å². The molecule has 0 saturated carbocycles. The number of nitrogens with one attached hydrogen (secondary N) is 1. The Hall–Kier alpha value is -1.59. The lowest BCUT2D eigenvalue weighted by Gasteiger charge is -2.33. The molecule has 0 aromatic heterocycles. The van der Waals surface area contributed by atoms with Crippen LogP contribution in [-0.2, 0) is 9.53 Å². The molecule has 5 nitrogen and oxygen atoms in total. The van der Waals surface area contributed by atoms with Crippen molar-refractivity contribution in [2.75, 3.05) is 50.6 Å². The minimum absolute atomic E-state index is 0.147. The number of rotatable bonds is 4. The summed E-state index contributed by atoms with van der Waals surface area (Å²) in [6, 6.07) is 8.25. The number of ether oxygens (including phenoxy) is 1. The van der Waals surface area contributed by atoms with Crippen LogP contribution in [0.25, 0.3) is 0 Å². The lowest BCUT2D eigenvalue weighted by atomic mass is 9.96. The van der Waals surface area contributed by atoms with Crippen LogP contribution in [0.2, 0.25) is 0 Å². The van der Waals surface area contributed by atoms with E-state index in [1.807, 2.05) is 12.1 Å². The van der Waals surface area contributed by atoms with Crippen molar-refractivity contribution in [1.82, 2.24) is 4.90 Å². The van der Waals surface area contributed by atoms with E-state index in [4.69, 9.17) is 4.74 Å². The maximum atomic E-state index is 12.4. The predicted octanol–water partition coefficient (Wildman–Crippen LogP) is 2.58. The Morgan fingerprint density at radius 2 is 1.67 bits per heavy atom. The van der Waals surface area contributed by atoms with Crippen LogP contribution in [0.5, 0.6) is 0 Å². The van der Waals surface area contributed by atoms with E-state index in [1.165, 1.54) is 5.69 Å². The molecule has 2 aliphatic heterocycles. The van der Waals surface area contributed by atoms with Gasteiger partial charge in [-0.25, -0.2) is 0 Å². The lowest BCUT2D eigenvalue weighted by Crippen LogP contribution is -2.36. The topological polar surface area (TPSA) is 44.8 Å². The van der Waals surface area contributed by atoms with Gasteiger partial charge in [0.25, 0.3) is 0 Å². The fraction of sp³-hybridized carbons (Fsp3) is 0.632. The molecule has 5 heteroatoms. The van der Waals surface area contributed by atoms with Gasteiger partial charge in [0.2, 0.25) is 5.91 Å². The summed E-state index contributed by atoms with van der Waals surface area (Å²) in [4.78, 5) is 17.0. The smallest absolute Gasteiger partial charge is 0.227 e. The highest BCUT2D eigenvalue weighted by Crippen LogP contribution is 2.24. The van der Waals surface area contributed by atoms with Crippen molar-refractivity contribution >= 4 is 17.3 Å². The van der Waals surface area contributed by atoms with Crippen molar-refractivity contribution in [2.24, 2.45) is 5.92 Å². The first-order valence-electron chi connectivity index (χ1n) is 9.03. The Morgan fingerprint density at radius 3 is 2.25 bits per heavy atom. The Morgan fingerprint density at radius 1 is 1.04 bits per heavy atom. The number of hydrogen-bond acceptors (Lipinski definition) is 4. The molecule has 0 atom stereocenters. The normalized spacial score (nSPS) is 21.0. The third kappa shape index (κ3) is 4.28. The zero-order valence-corrected chi connectivity index (χ0v) is 14.8. The largest absolute Gasteiger partial charge is 0.381 e. The van der Waals surface area contributed by atoms with E-state index < -0.39 is 0 Å². The Kier molecular flexibility index (Phi) is 5.74. The summed E-state index contributed by atoms with van der Waals surface area (Å²) in [6.45, 7) is 4.07. The van der Waals surface area contributed by atoms with Crippen LogP contribution >= 0.6 is 0 Å². The first kappa shape index (κ1) is 17.2. The number of nitrogens with zero attached hydrogens (tertiary/aromatic N) is 2. The molecule has 3 rings (SSSR count). The number of methoxy groups -OCH3 is 1. The van der Waals surface area contributed by atoms with E-state index >= 15 is 0 Å². The molecule has 0 unspecified atom stereocenters. The molecular formula is C19H29N3O2. The first-order chi connectivity index (χ1) is 11.7. The molecule has 2 aliphatic rings. The molecule has 1 aromatic rings. The standard InChI is InChI=1S/C19H29N3O2/c1-21-11-7-15(8-12-21)19(23)20-16-3-5-17(6-4-16)22-13-9-18(24-2)10-14-22/h3-6,15,18H,7-14H2,1-2H3,(H,20,23). The van der Waals surface area contributed by atoms with Crippen molar-refractivity contribution < 1.29 is 9.53 Å². The van der Waals surface area contributed by atoms with Crippen molar-refractivity contribution in [3.05, 3.63) is 24.3 Å². The third-order valence-corrected chi connectivity index (χ3v) is 5.36. The van der Waals surface area contributed by atoms with Crippen molar-refractivity contribution in [3.8, 4) is 0 Å². The van der Waals surface area contributed by atoms with E-state index in [-0.39, 0.29) is 11.8 Å². The fourth-order valence-electron chi connectivity index (χ4n) is 3.62. The highest BCUT2D eigenvalue weighted by atomic mass is 16.5. The second kappa shape index (κ2) is 7.99. The average molecular weight is 331 g/mol. The van der Waals surface area contributed by atoms with Gasteiger partial charge in [0.15, 0.2) is 0 Å².